The number of carboxylic acid groups (broad SMARTS) is 1. The monoisotopic (exact) mass is 420 g/mol. The SMILES string of the molecule is CC(=O)N1C[C@H](O)C[C@H]1C(=O)N[C@H](Cc1c2ccccc2cc2ccccc12)C(=O)O. The van der Waals surface area contributed by atoms with Gasteiger partial charge in [0.15, 0.2) is 0 Å². The summed E-state index contributed by atoms with van der Waals surface area (Å²) in [4.78, 5) is 38.0. The van der Waals surface area contributed by atoms with E-state index in [1.54, 1.807) is 0 Å². The third-order valence-electron chi connectivity index (χ3n) is 5.89. The minimum atomic E-state index is -1.17. The maximum Gasteiger partial charge on any atom is 0.326 e. The molecule has 3 atom stereocenters. The zero-order valence-electron chi connectivity index (χ0n) is 17.1. The van der Waals surface area contributed by atoms with E-state index < -0.39 is 30.1 Å². The van der Waals surface area contributed by atoms with Gasteiger partial charge in [-0.25, -0.2) is 4.79 Å². The topological polar surface area (TPSA) is 107 Å². The molecule has 0 radical (unpaired) electrons. The number of rotatable bonds is 5. The quantitative estimate of drug-likeness (QED) is 0.548. The van der Waals surface area contributed by atoms with Gasteiger partial charge in [0.05, 0.1) is 6.10 Å². The van der Waals surface area contributed by atoms with E-state index in [1.807, 2.05) is 48.5 Å². The minimum Gasteiger partial charge on any atom is -0.480 e. The van der Waals surface area contributed by atoms with Crippen LogP contribution in [0.5, 0.6) is 0 Å². The summed E-state index contributed by atoms with van der Waals surface area (Å²) < 4.78 is 0. The maximum atomic E-state index is 12.9. The molecule has 3 N–H and O–H groups in total. The number of aliphatic carboxylic acids is 1. The third-order valence-corrected chi connectivity index (χ3v) is 5.89. The van der Waals surface area contributed by atoms with Gasteiger partial charge in [0, 0.05) is 26.3 Å². The molecule has 4 rings (SSSR count). The van der Waals surface area contributed by atoms with Crippen LogP contribution in [0.1, 0.15) is 18.9 Å². The Labute approximate surface area is 179 Å². The fraction of sp³-hybridized carbons (Fsp3) is 0.292. The predicted octanol–water partition coefficient (Wildman–Crippen LogP) is 2.09. The van der Waals surface area contributed by atoms with Crippen molar-refractivity contribution in [2.45, 2.75) is 38.0 Å². The molecule has 3 aromatic rings. The van der Waals surface area contributed by atoms with Crippen molar-refractivity contribution in [3.8, 4) is 0 Å². The van der Waals surface area contributed by atoms with Crippen molar-refractivity contribution in [1.29, 1.82) is 0 Å². The highest BCUT2D eigenvalue weighted by molar-refractivity contribution is 6.03. The molecule has 0 spiro atoms. The third kappa shape index (κ3) is 4.09. The number of hydrogen-bond donors (Lipinski definition) is 3. The fourth-order valence-electron chi connectivity index (χ4n) is 4.41. The summed E-state index contributed by atoms with van der Waals surface area (Å²) in [6.07, 6.45) is -0.613. The lowest BCUT2D eigenvalue weighted by molar-refractivity contribution is -0.143. The molecular weight excluding hydrogens is 396 g/mol. The molecule has 1 fully saturated rings. The highest BCUT2D eigenvalue weighted by Gasteiger charge is 2.38. The smallest absolute Gasteiger partial charge is 0.326 e. The second-order valence-corrected chi connectivity index (χ2v) is 7.98. The maximum absolute atomic E-state index is 12.9. The Morgan fingerprint density at radius 3 is 2.19 bits per heavy atom. The molecule has 1 heterocycles. The number of nitrogens with zero attached hydrogens (tertiary/aromatic N) is 1. The number of β-amino-alcohol motifs (C(OH)–C–C–N with tert-alkyl or cyclic N) is 1. The molecule has 1 aliphatic rings. The highest BCUT2D eigenvalue weighted by atomic mass is 16.4. The number of hydrogen-bond acceptors (Lipinski definition) is 4. The lowest BCUT2D eigenvalue weighted by Crippen LogP contribution is -2.51. The van der Waals surface area contributed by atoms with Gasteiger partial charge in [0.2, 0.25) is 11.8 Å². The Hall–Kier alpha value is -3.45. The Morgan fingerprint density at radius 1 is 1.06 bits per heavy atom. The van der Waals surface area contributed by atoms with Crippen molar-refractivity contribution in [1.82, 2.24) is 10.2 Å². The second kappa shape index (κ2) is 8.35. The molecule has 0 unspecified atom stereocenters. The van der Waals surface area contributed by atoms with Gasteiger partial charge in [-0.1, -0.05) is 48.5 Å². The van der Waals surface area contributed by atoms with Crippen molar-refractivity contribution in [3.05, 3.63) is 60.2 Å². The van der Waals surface area contributed by atoms with Crippen LogP contribution in [0.3, 0.4) is 0 Å². The van der Waals surface area contributed by atoms with Gasteiger partial charge in [-0.2, -0.15) is 0 Å². The number of aliphatic hydroxyl groups excluding tert-OH is 1. The van der Waals surface area contributed by atoms with Gasteiger partial charge >= 0.3 is 5.97 Å². The average molecular weight is 420 g/mol. The number of fused-ring (bicyclic) bond motifs is 2. The zero-order chi connectivity index (χ0) is 22.1. The summed E-state index contributed by atoms with van der Waals surface area (Å²) in [7, 11) is 0. The van der Waals surface area contributed by atoms with Crippen LogP contribution < -0.4 is 5.32 Å². The van der Waals surface area contributed by atoms with E-state index in [1.165, 1.54) is 11.8 Å². The first-order valence-corrected chi connectivity index (χ1v) is 10.2. The number of aliphatic hydroxyl groups is 1. The van der Waals surface area contributed by atoms with Crippen LogP contribution in [0.15, 0.2) is 54.6 Å². The second-order valence-electron chi connectivity index (χ2n) is 7.98. The number of amides is 2. The summed E-state index contributed by atoms with van der Waals surface area (Å²) in [6, 6.07) is 15.5. The molecule has 0 bridgehead atoms. The Kier molecular flexibility index (Phi) is 5.61. The van der Waals surface area contributed by atoms with E-state index in [4.69, 9.17) is 0 Å². The number of carbonyl (C=O) groups excluding carboxylic acids is 2. The van der Waals surface area contributed by atoms with E-state index in [-0.39, 0.29) is 25.3 Å². The first-order valence-electron chi connectivity index (χ1n) is 10.2. The van der Waals surface area contributed by atoms with Crippen LogP contribution in [0.4, 0.5) is 0 Å². The van der Waals surface area contributed by atoms with Gasteiger partial charge in [-0.15, -0.1) is 0 Å². The number of nitrogens with one attached hydrogen (secondary N) is 1. The number of carbonyl (C=O) groups is 3. The normalized spacial score (nSPS) is 19.5. The summed E-state index contributed by atoms with van der Waals surface area (Å²) >= 11 is 0. The van der Waals surface area contributed by atoms with Crippen LogP contribution in [0.25, 0.3) is 21.5 Å². The predicted molar refractivity (Wildman–Crippen MR) is 117 cm³/mol. The van der Waals surface area contributed by atoms with Crippen LogP contribution >= 0.6 is 0 Å². The summed E-state index contributed by atoms with van der Waals surface area (Å²) in [5, 5.41) is 26.2. The molecule has 1 aliphatic heterocycles. The van der Waals surface area contributed by atoms with Crippen molar-refractivity contribution in [3.63, 3.8) is 0 Å². The molecule has 0 saturated carbocycles. The van der Waals surface area contributed by atoms with Crippen molar-refractivity contribution in [2.75, 3.05) is 6.54 Å². The van der Waals surface area contributed by atoms with Gasteiger partial charge in [-0.3, -0.25) is 9.59 Å². The van der Waals surface area contributed by atoms with Crippen LogP contribution in [0, 0.1) is 0 Å². The Balaban J connectivity index is 1.67. The van der Waals surface area contributed by atoms with Crippen molar-refractivity contribution < 1.29 is 24.6 Å². The number of carboxylic acids is 1. The van der Waals surface area contributed by atoms with E-state index in [0.717, 1.165) is 27.1 Å². The summed E-state index contributed by atoms with van der Waals surface area (Å²) in [5.74, 6) is -2.05. The van der Waals surface area contributed by atoms with Crippen molar-refractivity contribution >= 4 is 39.3 Å². The van der Waals surface area contributed by atoms with Gasteiger partial charge < -0.3 is 20.4 Å². The summed E-state index contributed by atoms with van der Waals surface area (Å²) in [5.41, 5.74) is 0.844. The molecule has 31 heavy (non-hydrogen) atoms. The lowest BCUT2D eigenvalue weighted by Gasteiger charge is -2.24. The van der Waals surface area contributed by atoms with E-state index in [0.29, 0.717) is 0 Å². The van der Waals surface area contributed by atoms with E-state index in [2.05, 4.69) is 11.4 Å². The van der Waals surface area contributed by atoms with Crippen LogP contribution in [-0.2, 0) is 20.8 Å². The molecular formula is C24H24N2O5. The largest absolute Gasteiger partial charge is 0.480 e. The van der Waals surface area contributed by atoms with Gasteiger partial charge in [0.1, 0.15) is 12.1 Å². The Bertz CT molecular complexity index is 1120. The molecule has 7 nitrogen and oxygen atoms in total. The van der Waals surface area contributed by atoms with Gasteiger partial charge in [-0.05, 0) is 33.2 Å². The van der Waals surface area contributed by atoms with Crippen molar-refractivity contribution in [2.24, 2.45) is 0 Å². The molecule has 3 aromatic carbocycles. The fourth-order valence-corrected chi connectivity index (χ4v) is 4.41. The summed E-state index contributed by atoms with van der Waals surface area (Å²) in [6.45, 7) is 1.40. The number of benzene rings is 3. The molecule has 160 valence electrons. The standard InChI is InChI=1S/C24H24N2O5/c1-14(27)26-13-17(28)11-22(26)23(29)25-21(24(30)31)12-20-18-8-4-2-6-15(18)10-16-7-3-5-9-19(16)20/h2-10,17,21-22,28H,11-13H2,1H3,(H,25,29)(H,30,31)/t17-,21-,22+/m1/s1. The van der Waals surface area contributed by atoms with Crippen LogP contribution in [-0.4, -0.2) is 57.6 Å². The zero-order valence-corrected chi connectivity index (χ0v) is 17.1. The molecule has 7 heteroatoms. The van der Waals surface area contributed by atoms with E-state index in [9.17, 15) is 24.6 Å². The number of likely N-dealkylation sites (tertiary alicyclic amines) is 1. The molecule has 1 saturated heterocycles. The molecule has 0 aliphatic carbocycles. The highest BCUT2D eigenvalue weighted by Crippen LogP contribution is 2.29. The molecule has 0 aromatic heterocycles. The van der Waals surface area contributed by atoms with E-state index >= 15 is 0 Å². The molecule has 2 amide bonds. The lowest BCUT2D eigenvalue weighted by atomic mass is 9.92. The first kappa shape index (κ1) is 20.8. The Morgan fingerprint density at radius 2 is 1.65 bits per heavy atom. The van der Waals surface area contributed by atoms with Gasteiger partial charge in [0.25, 0.3) is 0 Å². The first-order chi connectivity index (χ1) is 14.8. The average Bonchev–Trinajstić information content (AvgIpc) is 3.15. The van der Waals surface area contributed by atoms with Crippen LogP contribution in [0.2, 0.25) is 0 Å². The minimum absolute atomic E-state index is 0.0686.